The van der Waals surface area contributed by atoms with Crippen molar-refractivity contribution in [3.05, 3.63) is 33.9 Å². The van der Waals surface area contributed by atoms with Crippen molar-refractivity contribution in [3.63, 3.8) is 0 Å². The quantitative estimate of drug-likeness (QED) is 0.510. The Bertz CT molecular complexity index is 496. The molecule has 1 fully saturated rings. The normalized spacial score (nSPS) is 17.3. The summed E-state index contributed by atoms with van der Waals surface area (Å²) < 4.78 is 0. The van der Waals surface area contributed by atoms with Crippen molar-refractivity contribution in [1.82, 2.24) is 9.80 Å². The van der Waals surface area contributed by atoms with Crippen molar-refractivity contribution in [2.75, 3.05) is 38.5 Å². The lowest BCUT2D eigenvalue weighted by Crippen LogP contribution is -2.46. The van der Waals surface area contributed by atoms with Gasteiger partial charge in [-0.2, -0.15) is 0 Å². The maximum absolute atomic E-state index is 10.9. The number of nitrogens with two attached hydrogens (primary N) is 1. The summed E-state index contributed by atoms with van der Waals surface area (Å²) in [5, 5.41) is 10.9. The number of nitro benzene ring substituents is 1. The molecule has 0 spiro atoms. The highest BCUT2D eigenvalue weighted by Gasteiger charge is 2.20. The monoisotopic (exact) mass is 292 g/mol. The Balaban J connectivity index is 1.95. The van der Waals surface area contributed by atoms with Gasteiger partial charge in [-0.3, -0.25) is 15.0 Å². The van der Waals surface area contributed by atoms with Crippen LogP contribution in [0.25, 0.3) is 0 Å². The molecule has 1 aliphatic rings. The van der Waals surface area contributed by atoms with Crippen LogP contribution in [0.1, 0.15) is 19.4 Å². The Kier molecular flexibility index (Phi) is 5.14. The van der Waals surface area contributed by atoms with Gasteiger partial charge in [0.05, 0.1) is 4.92 Å². The van der Waals surface area contributed by atoms with Crippen molar-refractivity contribution < 1.29 is 4.92 Å². The van der Waals surface area contributed by atoms with Gasteiger partial charge in [-0.25, -0.2) is 0 Å². The SMILES string of the molecule is CC(C)CN1CCN(Cc2cccc([N+](=O)[O-])c2N)CC1. The summed E-state index contributed by atoms with van der Waals surface area (Å²) in [4.78, 5) is 15.3. The standard InChI is InChI=1S/C15H24N4O2/c1-12(2)10-17-6-8-18(9-7-17)11-13-4-3-5-14(15(13)16)19(20)21/h3-5,12H,6-11,16H2,1-2H3. The van der Waals surface area contributed by atoms with E-state index in [-0.39, 0.29) is 5.69 Å². The van der Waals surface area contributed by atoms with Crippen molar-refractivity contribution in [3.8, 4) is 0 Å². The molecule has 21 heavy (non-hydrogen) atoms. The zero-order valence-corrected chi connectivity index (χ0v) is 12.8. The molecule has 1 aromatic rings. The van der Waals surface area contributed by atoms with Gasteiger partial charge < -0.3 is 10.6 Å². The van der Waals surface area contributed by atoms with Gasteiger partial charge in [-0.15, -0.1) is 0 Å². The summed E-state index contributed by atoms with van der Waals surface area (Å²) >= 11 is 0. The Hall–Kier alpha value is -1.66. The summed E-state index contributed by atoms with van der Waals surface area (Å²) in [6.07, 6.45) is 0. The molecule has 6 nitrogen and oxygen atoms in total. The van der Waals surface area contributed by atoms with Gasteiger partial charge in [0.15, 0.2) is 0 Å². The second-order valence-corrected chi connectivity index (χ2v) is 6.08. The van der Waals surface area contributed by atoms with E-state index >= 15 is 0 Å². The maximum Gasteiger partial charge on any atom is 0.292 e. The van der Waals surface area contributed by atoms with Gasteiger partial charge in [-0.05, 0) is 11.5 Å². The van der Waals surface area contributed by atoms with Crippen LogP contribution in [0.5, 0.6) is 0 Å². The summed E-state index contributed by atoms with van der Waals surface area (Å²) in [6.45, 7) is 10.3. The van der Waals surface area contributed by atoms with Gasteiger partial charge in [0.2, 0.25) is 0 Å². The number of piperazine rings is 1. The first-order chi connectivity index (χ1) is 9.97. The highest BCUT2D eigenvalue weighted by atomic mass is 16.6. The van der Waals surface area contributed by atoms with Gasteiger partial charge in [0.25, 0.3) is 5.69 Å². The average molecular weight is 292 g/mol. The van der Waals surface area contributed by atoms with E-state index < -0.39 is 4.92 Å². The molecule has 0 aliphatic carbocycles. The van der Waals surface area contributed by atoms with Gasteiger partial charge in [-0.1, -0.05) is 26.0 Å². The third-order valence-corrected chi connectivity index (χ3v) is 3.85. The fourth-order valence-corrected chi connectivity index (χ4v) is 2.78. The number of anilines is 1. The fourth-order valence-electron chi connectivity index (χ4n) is 2.78. The number of hydrogen-bond donors (Lipinski definition) is 1. The molecular formula is C15H24N4O2. The Morgan fingerprint density at radius 3 is 2.43 bits per heavy atom. The molecule has 1 aliphatic heterocycles. The van der Waals surface area contributed by atoms with E-state index in [2.05, 4.69) is 23.6 Å². The molecule has 2 rings (SSSR count). The molecule has 0 atom stereocenters. The number of nitrogens with zero attached hydrogens (tertiary/aromatic N) is 3. The van der Waals surface area contributed by atoms with Crippen LogP contribution in [0.15, 0.2) is 18.2 Å². The van der Waals surface area contributed by atoms with Crippen molar-refractivity contribution >= 4 is 11.4 Å². The van der Waals surface area contributed by atoms with Crippen molar-refractivity contribution in [2.24, 2.45) is 5.92 Å². The number of nitro groups is 1. The molecule has 1 heterocycles. The van der Waals surface area contributed by atoms with Crippen LogP contribution in [0.3, 0.4) is 0 Å². The van der Waals surface area contributed by atoms with E-state index in [1.807, 2.05) is 6.07 Å². The van der Waals surface area contributed by atoms with Crippen molar-refractivity contribution in [2.45, 2.75) is 20.4 Å². The largest absolute Gasteiger partial charge is 0.393 e. The minimum atomic E-state index is -0.417. The first-order valence-electron chi connectivity index (χ1n) is 7.44. The predicted molar refractivity (Wildman–Crippen MR) is 84.1 cm³/mol. The summed E-state index contributed by atoms with van der Waals surface area (Å²) in [6, 6.07) is 5.04. The van der Waals surface area contributed by atoms with Crippen molar-refractivity contribution in [1.29, 1.82) is 0 Å². The average Bonchev–Trinajstić information content (AvgIpc) is 2.42. The lowest BCUT2D eigenvalue weighted by molar-refractivity contribution is -0.384. The molecule has 1 aromatic carbocycles. The highest BCUT2D eigenvalue weighted by Crippen LogP contribution is 2.26. The second-order valence-electron chi connectivity index (χ2n) is 6.08. The summed E-state index contributed by atoms with van der Waals surface area (Å²) in [5.41, 5.74) is 7.07. The first kappa shape index (κ1) is 15.7. The molecule has 1 saturated heterocycles. The van der Waals surface area contributed by atoms with E-state index in [4.69, 9.17) is 5.73 Å². The Morgan fingerprint density at radius 2 is 1.86 bits per heavy atom. The molecular weight excluding hydrogens is 268 g/mol. The van der Waals surface area contributed by atoms with Crippen LogP contribution in [-0.2, 0) is 6.54 Å². The van der Waals surface area contributed by atoms with Gasteiger partial charge >= 0.3 is 0 Å². The van der Waals surface area contributed by atoms with Crippen LogP contribution < -0.4 is 5.73 Å². The topological polar surface area (TPSA) is 75.6 Å². The number of para-hydroxylation sites is 1. The summed E-state index contributed by atoms with van der Waals surface area (Å²) in [5.74, 6) is 0.684. The third-order valence-electron chi connectivity index (χ3n) is 3.85. The lowest BCUT2D eigenvalue weighted by atomic mass is 10.1. The van der Waals surface area contributed by atoms with Gasteiger partial charge in [0, 0.05) is 45.3 Å². The minimum absolute atomic E-state index is 0.00550. The van der Waals surface area contributed by atoms with E-state index in [1.165, 1.54) is 6.07 Å². The summed E-state index contributed by atoms with van der Waals surface area (Å²) in [7, 11) is 0. The first-order valence-corrected chi connectivity index (χ1v) is 7.44. The highest BCUT2D eigenvalue weighted by molar-refractivity contribution is 5.62. The van der Waals surface area contributed by atoms with E-state index in [9.17, 15) is 10.1 Å². The Morgan fingerprint density at radius 1 is 1.24 bits per heavy atom. The molecule has 6 heteroatoms. The molecule has 0 unspecified atom stereocenters. The van der Waals surface area contributed by atoms with Crippen LogP contribution in [0.2, 0.25) is 0 Å². The van der Waals surface area contributed by atoms with Crippen LogP contribution >= 0.6 is 0 Å². The maximum atomic E-state index is 10.9. The van der Waals surface area contributed by atoms with E-state index in [1.54, 1.807) is 6.07 Å². The zero-order chi connectivity index (χ0) is 15.4. The second kappa shape index (κ2) is 6.87. The van der Waals surface area contributed by atoms with Crippen LogP contribution in [0.4, 0.5) is 11.4 Å². The fraction of sp³-hybridized carbons (Fsp3) is 0.600. The molecule has 116 valence electrons. The van der Waals surface area contributed by atoms with Crippen LogP contribution in [-0.4, -0.2) is 47.4 Å². The molecule has 0 aromatic heterocycles. The van der Waals surface area contributed by atoms with Crippen LogP contribution in [0, 0.1) is 16.0 Å². The number of benzene rings is 1. The smallest absolute Gasteiger partial charge is 0.292 e. The number of hydrogen-bond acceptors (Lipinski definition) is 5. The molecule has 0 radical (unpaired) electrons. The number of rotatable bonds is 5. The van der Waals surface area contributed by atoms with E-state index in [0.717, 1.165) is 38.3 Å². The zero-order valence-electron chi connectivity index (χ0n) is 12.8. The van der Waals surface area contributed by atoms with Gasteiger partial charge in [0.1, 0.15) is 5.69 Å². The molecule has 0 bridgehead atoms. The molecule has 0 saturated carbocycles. The van der Waals surface area contributed by atoms with E-state index in [0.29, 0.717) is 18.2 Å². The molecule has 2 N–H and O–H groups in total. The minimum Gasteiger partial charge on any atom is -0.393 e. The number of nitrogen functional groups attached to an aromatic ring is 1. The predicted octanol–water partition coefficient (Wildman–Crippen LogP) is 1.95. The Labute approximate surface area is 125 Å². The molecule has 0 amide bonds. The third kappa shape index (κ3) is 4.15. The lowest BCUT2D eigenvalue weighted by Gasteiger charge is -2.35.